The van der Waals surface area contributed by atoms with Crippen molar-refractivity contribution in [1.29, 1.82) is 0 Å². The summed E-state index contributed by atoms with van der Waals surface area (Å²) in [7, 11) is 0. The Morgan fingerprint density at radius 1 is 0.963 bits per heavy atom. The fourth-order valence-electron chi connectivity index (χ4n) is 5.45. The summed E-state index contributed by atoms with van der Waals surface area (Å²) in [6.07, 6.45) is 15.2. The molecule has 0 spiro atoms. The van der Waals surface area contributed by atoms with Gasteiger partial charge in [0.05, 0.1) is 6.10 Å². The van der Waals surface area contributed by atoms with Gasteiger partial charge in [-0.2, -0.15) is 0 Å². The summed E-state index contributed by atoms with van der Waals surface area (Å²) in [5.74, 6) is -1.40. The Morgan fingerprint density at radius 3 is 2.15 bits per heavy atom. The molecule has 3 unspecified atom stereocenters. The van der Waals surface area contributed by atoms with Crippen LogP contribution in [-0.2, 0) is 0 Å². The number of unbranched alkanes of at least 4 members (excludes halogenated alkanes) is 3. The van der Waals surface area contributed by atoms with Crippen LogP contribution in [0.5, 0.6) is 0 Å². The number of hydrogen-bond donors (Lipinski definition) is 4. The first-order valence-corrected chi connectivity index (χ1v) is 11.7. The van der Waals surface area contributed by atoms with Crippen LogP contribution in [0.4, 0.5) is 0 Å². The van der Waals surface area contributed by atoms with Gasteiger partial charge in [0.2, 0.25) is 5.91 Å². The lowest BCUT2D eigenvalue weighted by molar-refractivity contribution is -0.263. The Labute approximate surface area is 167 Å². The summed E-state index contributed by atoms with van der Waals surface area (Å²) < 4.78 is 0. The van der Waals surface area contributed by atoms with E-state index in [0.717, 1.165) is 25.7 Å². The lowest BCUT2D eigenvalue weighted by Gasteiger charge is -2.47. The second-order valence-electron chi connectivity index (χ2n) is 9.12. The minimum Gasteiger partial charge on any atom is -0.393 e. The average Bonchev–Trinajstić information content (AvgIpc) is 2.63. The van der Waals surface area contributed by atoms with Gasteiger partial charge in [0, 0.05) is 5.41 Å². The second kappa shape index (κ2) is 12.4. The van der Waals surface area contributed by atoms with E-state index in [2.05, 4.69) is 13.8 Å². The van der Waals surface area contributed by atoms with E-state index in [9.17, 15) is 15.3 Å². The van der Waals surface area contributed by atoms with Crippen LogP contribution in [0.25, 0.3) is 0 Å². The summed E-state index contributed by atoms with van der Waals surface area (Å²) in [4.78, 5) is 0. The second-order valence-corrected chi connectivity index (χ2v) is 9.12. The van der Waals surface area contributed by atoms with Crippen LogP contribution < -0.4 is 5.73 Å². The number of hydrogen-bond acceptors (Lipinski definition) is 4. The third-order valence-electron chi connectivity index (χ3n) is 7.30. The lowest BCUT2D eigenvalue weighted by atomic mass is 9.64. The lowest BCUT2D eigenvalue weighted by Crippen LogP contribution is -2.59. The highest BCUT2D eigenvalue weighted by Gasteiger charge is 2.50. The Bertz CT molecular complexity index is 376. The van der Waals surface area contributed by atoms with Crippen molar-refractivity contribution < 1.29 is 15.3 Å². The molecule has 0 heterocycles. The molecular weight excluding hydrogens is 338 g/mol. The van der Waals surface area contributed by atoms with Crippen molar-refractivity contribution in [3.63, 3.8) is 0 Å². The van der Waals surface area contributed by atoms with E-state index < -0.39 is 11.3 Å². The molecule has 4 heteroatoms. The molecule has 0 radical (unpaired) electrons. The maximum atomic E-state index is 10.6. The number of nitrogens with two attached hydrogens (primary N) is 1. The van der Waals surface area contributed by atoms with Gasteiger partial charge in [0.25, 0.3) is 0 Å². The maximum Gasteiger partial charge on any atom is 0.225 e. The van der Waals surface area contributed by atoms with E-state index in [1.165, 1.54) is 51.4 Å². The summed E-state index contributed by atoms with van der Waals surface area (Å²) in [6, 6.07) is 0. The molecule has 1 saturated carbocycles. The van der Waals surface area contributed by atoms with Crippen molar-refractivity contribution in [2.75, 3.05) is 0 Å². The highest BCUT2D eigenvalue weighted by Crippen LogP contribution is 2.47. The SMILES string of the molecule is CCCCCCC(CC)C(CC)(CCC(O)CC1CCCCC1)C(N)(O)O. The first kappa shape index (κ1) is 24.9. The van der Waals surface area contributed by atoms with Crippen LogP contribution in [0.3, 0.4) is 0 Å². The van der Waals surface area contributed by atoms with E-state index in [4.69, 9.17) is 5.73 Å². The zero-order chi connectivity index (χ0) is 20.3. The Kier molecular flexibility index (Phi) is 11.4. The molecule has 0 aromatic heterocycles. The van der Waals surface area contributed by atoms with Crippen molar-refractivity contribution >= 4 is 0 Å². The molecular formula is C23H47NO3. The van der Waals surface area contributed by atoms with Gasteiger partial charge in [0.15, 0.2) is 0 Å². The average molecular weight is 386 g/mol. The molecule has 1 rings (SSSR count). The van der Waals surface area contributed by atoms with Crippen LogP contribution >= 0.6 is 0 Å². The van der Waals surface area contributed by atoms with Crippen LogP contribution in [0.2, 0.25) is 0 Å². The van der Waals surface area contributed by atoms with E-state index in [1.54, 1.807) is 0 Å². The standard InChI is InChI=1S/C23H47NO3/c1-4-7-8-12-15-20(5-2)22(6-3,23(24,26)27)17-16-21(25)18-19-13-10-9-11-14-19/h19-21,25-27H,4-18,24H2,1-3H3. The van der Waals surface area contributed by atoms with E-state index >= 15 is 0 Å². The summed E-state index contributed by atoms with van der Waals surface area (Å²) in [5.41, 5.74) is 5.18. The molecule has 0 amide bonds. The van der Waals surface area contributed by atoms with Gasteiger partial charge in [-0.15, -0.1) is 0 Å². The van der Waals surface area contributed by atoms with Crippen LogP contribution in [0.1, 0.15) is 117 Å². The smallest absolute Gasteiger partial charge is 0.225 e. The molecule has 1 aliphatic carbocycles. The predicted octanol–water partition coefficient (Wildman–Crippen LogP) is 5.09. The molecule has 5 N–H and O–H groups in total. The highest BCUT2D eigenvalue weighted by molar-refractivity contribution is 4.93. The normalized spacial score (nSPS) is 21.0. The van der Waals surface area contributed by atoms with E-state index in [-0.39, 0.29) is 12.0 Å². The third-order valence-corrected chi connectivity index (χ3v) is 7.30. The molecule has 1 aliphatic rings. The van der Waals surface area contributed by atoms with E-state index in [1.807, 2.05) is 6.92 Å². The summed E-state index contributed by atoms with van der Waals surface area (Å²) >= 11 is 0. The molecule has 162 valence electrons. The number of rotatable bonds is 14. The Balaban J connectivity index is 2.72. The molecule has 4 nitrogen and oxygen atoms in total. The van der Waals surface area contributed by atoms with Crippen molar-refractivity contribution in [2.45, 2.75) is 129 Å². The van der Waals surface area contributed by atoms with Crippen LogP contribution in [-0.4, -0.2) is 27.3 Å². The largest absolute Gasteiger partial charge is 0.393 e. The van der Waals surface area contributed by atoms with Gasteiger partial charge >= 0.3 is 0 Å². The first-order valence-electron chi connectivity index (χ1n) is 11.7. The fourth-order valence-corrected chi connectivity index (χ4v) is 5.45. The van der Waals surface area contributed by atoms with Gasteiger partial charge < -0.3 is 15.3 Å². The summed E-state index contributed by atoms with van der Waals surface area (Å²) in [6.45, 7) is 6.34. The summed E-state index contributed by atoms with van der Waals surface area (Å²) in [5, 5.41) is 31.7. The van der Waals surface area contributed by atoms with E-state index in [0.29, 0.717) is 25.2 Å². The monoisotopic (exact) mass is 385 g/mol. The van der Waals surface area contributed by atoms with Crippen LogP contribution in [0.15, 0.2) is 0 Å². The quantitative estimate of drug-likeness (QED) is 0.248. The molecule has 0 bridgehead atoms. The minimum absolute atomic E-state index is 0.168. The molecule has 0 aromatic rings. The zero-order valence-corrected chi connectivity index (χ0v) is 18.3. The van der Waals surface area contributed by atoms with Gasteiger partial charge in [-0.25, -0.2) is 0 Å². The Morgan fingerprint density at radius 2 is 1.63 bits per heavy atom. The highest BCUT2D eigenvalue weighted by atomic mass is 16.5. The van der Waals surface area contributed by atoms with Gasteiger partial charge in [-0.3, -0.25) is 5.73 Å². The molecule has 0 saturated heterocycles. The predicted molar refractivity (Wildman–Crippen MR) is 113 cm³/mol. The molecule has 27 heavy (non-hydrogen) atoms. The van der Waals surface area contributed by atoms with Crippen molar-refractivity contribution in [3.05, 3.63) is 0 Å². The number of aliphatic hydroxyl groups is 3. The third kappa shape index (κ3) is 7.64. The Hall–Kier alpha value is -0.160. The first-order chi connectivity index (χ1) is 12.8. The molecule has 0 aliphatic heterocycles. The molecule has 0 aromatic carbocycles. The minimum atomic E-state index is -2.20. The van der Waals surface area contributed by atoms with Gasteiger partial charge in [0.1, 0.15) is 0 Å². The van der Waals surface area contributed by atoms with Crippen molar-refractivity contribution in [2.24, 2.45) is 23.0 Å². The zero-order valence-electron chi connectivity index (χ0n) is 18.3. The van der Waals surface area contributed by atoms with Gasteiger partial charge in [-0.1, -0.05) is 85.0 Å². The van der Waals surface area contributed by atoms with Crippen molar-refractivity contribution in [1.82, 2.24) is 0 Å². The molecule has 3 atom stereocenters. The van der Waals surface area contributed by atoms with Crippen molar-refractivity contribution in [3.8, 4) is 0 Å². The van der Waals surface area contributed by atoms with Gasteiger partial charge in [-0.05, 0) is 43.9 Å². The number of aliphatic hydroxyl groups excluding tert-OH is 1. The maximum absolute atomic E-state index is 10.6. The molecule has 1 fully saturated rings. The fraction of sp³-hybridized carbons (Fsp3) is 1.00. The topological polar surface area (TPSA) is 86.7 Å². The van der Waals surface area contributed by atoms with Crippen LogP contribution in [0, 0.1) is 17.3 Å².